The van der Waals surface area contributed by atoms with E-state index in [0.29, 0.717) is 6.42 Å². The van der Waals surface area contributed by atoms with E-state index in [1.165, 1.54) is 0 Å². The van der Waals surface area contributed by atoms with Gasteiger partial charge < -0.3 is 9.88 Å². The van der Waals surface area contributed by atoms with Gasteiger partial charge in [0.25, 0.3) is 0 Å². The molecule has 8 heteroatoms. The van der Waals surface area contributed by atoms with Crippen molar-refractivity contribution >= 4 is 21.1 Å². The number of sulfonamides is 1. The quantitative estimate of drug-likeness (QED) is 0.390. The maximum Gasteiger partial charge on any atom is 0.326 e. The fourth-order valence-corrected chi connectivity index (χ4v) is 6.26. The third kappa shape index (κ3) is 5.24. The fraction of sp³-hybridized carbons (Fsp3) is 0.296. The number of imidazole rings is 1. The first kappa shape index (κ1) is 23.5. The second-order valence-electron chi connectivity index (χ2n) is 9.08. The molecule has 7 nitrogen and oxygen atoms in total. The molecule has 0 aliphatic carbocycles. The van der Waals surface area contributed by atoms with Gasteiger partial charge in [-0.25, -0.2) is 17.9 Å². The molecule has 0 amide bonds. The number of likely N-dealkylation sites (tertiary alicyclic amines) is 1. The molecule has 4 aromatic rings. The Morgan fingerprint density at radius 2 is 1.51 bits per heavy atom. The van der Waals surface area contributed by atoms with Gasteiger partial charge in [-0.2, -0.15) is 0 Å². The molecule has 1 aliphatic heterocycles. The molecule has 182 valence electrons. The van der Waals surface area contributed by atoms with Crippen LogP contribution >= 0.6 is 0 Å². The van der Waals surface area contributed by atoms with Crippen molar-refractivity contribution in [1.82, 2.24) is 19.2 Å². The Hall–Kier alpha value is -3.20. The number of piperidine rings is 1. The second kappa shape index (κ2) is 10.2. The number of benzene rings is 3. The summed E-state index contributed by atoms with van der Waals surface area (Å²) in [5.74, 6) is 0. The summed E-state index contributed by atoms with van der Waals surface area (Å²) in [6, 6.07) is 25.9. The van der Waals surface area contributed by atoms with Crippen LogP contribution in [0.15, 0.2) is 94.6 Å². The highest BCUT2D eigenvalue weighted by Gasteiger charge is 2.26. The number of fused-ring (bicyclic) bond motifs is 1. The Kier molecular flexibility index (Phi) is 6.86. The van der Waals surface area contributed by atoms with Crippen molar-refractivity contribution in [2.24, 2.45) is 0 Å². The summed E-state index contributed by atoms with van der Waals surface area (Å²) in [4.78, 5) is 18.2. The zero-order valence-corrected chi connectivity index (χ0v) is 20.3. The molecule has 2 heterocycles. The number of hydrogen-bond donors (Lipinski definition) is 2. The number of aromatic nitrogens is 2. The van der Waals surface area contributed by atoms with Gasteiger partial charge >= 0.3 is 5.69 Å². The molecule has 0 spiro atoms. The molecular formula is C27H30N4O3S. The van der Waals surface area contributed by atoms with Gasteiger partial charge in [-0.1, -0.05) is 60.7 Å². The van der Waals surface area contributed by atoms with Crippen LogP contribution in [0.25, 0.3) is 11.0 Å². The van der Waals surface area contributed by atoms with Gasteiger partial charge in [-0.3, -0.25) is 4.57 Å². The van der Waals surface area contributed by atoms with E-state index in [-0.39, 0.29) is 22.7 Å². The minimum absolute atomic E-state index is 0.0517. The molecule has 0 radical (unpaired) electrons. The first-order chi connectivity index (χ1) is 17.0. The molecule has 3 aromatic carbocycles. The maximum absolute atomic E-state index is 13.0. The Bertz CT molecular complexity index is 1420. The molecule has 35 heavy (non-hydrogen) atoms. The van der Waals surface area contributed by atoms with Crippen LogP contribution < -0.4 is 10.4 Å². The molecule has 1 atom stereocenters. The van der Waals surface area contributed by atoms with E-state index in [1.807, 2.05) is 65.2 Å². The average Bonchev–Trinajstić information content (AvgIpc) is 3.23. The van der Waals surface area contributed by atoms with Crippen LogP contribution in [0, 0.1) is 0 Å². The number of H-pyrrole nitrogens is 1. The number of para-hydroxylation sites is 2. The summed E-state index contributed by atoms with van der Waals surface area (Å²) in [6.07, 6.45) is 2.43. The molecule has 1 unspecified atom stereocenters. The predicted molar refractivity (Wildman–Crippen MR) is 138 cm³/mol. The van der Waals surface area contributed by atoms with Crippen LogP contribution in [0.2, 0.25) is 0 Å². The number of rotatable bonds is 8. The summed E-state index contributed by atoms with van der Waals surface area (Å²) in [5, 5.41) is 0. The molecule has 2 N–H and O–H groups in total. The minimum atomic E-state index is -3.63. The van der Waals surface area contributed by atoms with Gasteiger partial charge in [0.15, 0.2) is 0 Å². The van der Waals surface area contributed by atoms with Crippen LogP contribution in [-0.4, -0.2) is 42.5 Å². The standard InChI is InChI=1S/C27H30N4O3S/c32-27-28-25-13-7-8-14-26(25)31(27)22-15-18-30(19-16-22)20-17-24(21-9-3-1-4-10-21)29-35(33,34)23-11-5-2-6-12-23/h1-14,22,24,29H,15-20H2,(H,28,32). The lowest BCUT2D eigenvalue weighted by atomic mass is 10.0. The van der Waals surface area contributed by atoms with Crippen molar-refractivity contribution in [3.05, 3.63) is 101 Å². The van der Waals surface area contributed by atoms with E-state index in [4.69, 9.17) is 0 Å². The molecule has 0 saturated carbocycles. The van der Waals surface area contributed by atoms with Gasteiger partial charge in [-0.05, 0) is 55.6 Å². The molecule has 5 rings (SSSR count). The zero-order chi connectivity index (χ0) is 24.3. The Labute approximate surface area is 205 Å². The van der Waals surface area contributed by atoms with Crippen molar-refractivity contribution < 1.29 is 8.42 Å². The molecule has 1 aromatic heterocycles. The van der Waals surface area contributed by atoms with Gasteiger partial charge in [0.05, 0.1) is 15.9 Å². The highest BCUT2D eigenvalue weighted by Crippen LogP contribution is 2.26. The van der Waals surface area contributed by atoms with Crippen molar-refractivity contribution in [3.8, 4) is 0 Å². The lowest BCUT2D eigenvalue weighted by molar-refractivity contribution is 0.181. The van der Waals surface area contributed by atoms with Crippen molar-refractivity contribution in [2.75, 3.05) is 19.6 Å². The second-order valence-corrected chi connectivity index (χ2v) is 10.8. The van der Waals surface area contributed by atoms with Crippen LogP contribution in [-0.2, 0) is 10.0 Å². The molecular weight excluding hydrogens is 460 g/mol. The van der Waals surface area contributed by atoms with Gasteiger partial charge in [-0.15, -0.1) is 0 Å². The van der Waals surface area contributed by atoms with Crippen molar-refractivity contribution in [2.45, 2.75) is 36.2 Å². The van der Waals surface area contributed by atoms with Crippen molar-refractivity contribution in [1.29, 1.82) is 0 Å². The summed E-state index contributed by atoms with van der Waals surface area (Å²) >= 11 is 0. The number of nitrogens with zero attached hydrogens (tertiary/aromatic N) is 2. The highest BCUT2D eigenvalue weighted by molar-refractivity contribution is 7.89. The van der Waals surface area contributed by atoms with Crippen molar-refractivity contribution in [3.63, 3.8) is 0 Å². The van der Waals surface area contributed by atoms with E-state index in [9.17, 15) is 13.2 Å². The number of hydrogen-bond acceptors (Lipinski definition) is 4. The highest BCUT2D eigenvalue weighted by atomic mass is 32.2. The minimum Gasteiger partial charge on any atom is -0.306 e. The van der Waals surface area contributed by atoms with E-state index in [1.54, 1.807) is 24.3 Å². The fourth-order valence-electron chi connectivity index (χ4n) is 4.98. The summed E-state index contributed by atoms with van der Waals surface area (Å²) < 4.78 is 30.9. The smallest absolute Gasteiger partial charge is 0.306 e. The normalized spacial score (nSPS) is 16.5. The monoisotopic (exact) mass is 490 g/mol. The SMILES string of the molecule is O=c1[nH]c2ccccc2n1C1CCN(CCC(NS(=O)(=O)c2ccccc2)c2ccccc2)CC1. The van der Waals surface area contributed by atoms with Crippen LogP contribution in [0.1, 0.15) is 36.9 Å². The van der Waals surface area contributed by atoms with E-state index in [2.05, 4.69) is 14.6 Å². The van der Waals surface area contributed by atoms with Gasteiger partial charge in [0.2, 0.25) is 10.0 Å². The number of aromatic amines is 1. The topological polar surface area (TPSA) is 87.2 Å². The van der Waals surface area contributed by atoms with E-state index >= 15 is 0 Å². The van der Waals surface area contributed by atoms with Crippen LogP contribution in [0.3, 0.4) is 0 Å². The zero-order valence-electron chi connectivity index (χ0n) is 19.5. The summed E-state index contributed by atoms with van der Waals surface area (Å²) in [5.41, 5.74) is 2.73. The molecule has 1 fully saturated rings. The summed E-state index contributed by atoms with van der Waals surface area (Å²) in [7, 11) is -3.63. The first-order valence-electron chi connectivity index (χ1n) is 12.1. The largest absolute Gasteiger partial charge is 0.326 e. The Balaban J connectivity index is 1.25. The van der Waals surface area contributed by atoms with Crippen LogP contribution in [0.4, 0.5) is 0 Å². The molecule has 0 bridgehead atoms. The summed E-state index contributed by atoms with van der Waals surface area (Å²) in [6.45, 7) is 2.50. The predicted octanol–water partition coefficient (Wildman–Crippen LogP) is 4.08. The molecule has 1 aliphatic rings. The Morgan fingerprint density at radius 3 is 2.23 bits per heavy atom. The van der Waals surface area contributed by atoms with Crippen LogP contribution in [0.5, 0.6) is 0 Å². The Morgan fingerprint density at radius 1 is 0.886 bits per heavy atom. The lowest BCUT2D eigenvalue weighted by Crippen LogP contribution is -2.39. The molecule has 1 saturated heterocycles. The number of nitrogens with one attached hydrogen (secondary N) is 2. The maximum atomic E-state index is 13.0. The third-order valence-electron chi connectivity index (χ3n) is 6.83. The third-order valence-corrected chi connectivity index (χ3v) is 8.32. The van der Waals surface area contributed by atoms with E-state index < -0.39 is 10.0 Å². The average molecular weight is 491 g/mol. The lowest BCUT2D eigenvalue weighted by Gasteiger charge is -2.33. The first-order valence-corrected chi connectivity index (χ1v) is 13.5. The van der Waals surface area contributed by atoms with E-state index in [0.717, 1.165) is 49.1 Å². The van der Waals surface area contributed by atoms with Gasteiger partial charge in [0.1, 0.15) is 0 Å². The van der Waals surface area contributed by atoms with Gasteiger partial charge in [0, 0.05) is 25.2 Å².